The van der Waals surface area contributed by atoms with Gasteiger partial charge in [-0.2, -0.15) is 0 Å². The van der Waals surface area contributed by atoms with Crippen molar-refractivity contribution in [2.24, 2.45) is 17.0 Å². The number of para-hydroxylation sites is 2. The van der Waals surface area contributed by atoms with E-state index in [-0.39, 0.29) is 17.4 Å². The Balaban J connectivity index is 1.36. The van der Waals surface area contributed by atoms with Crippen molar-refractivity contribution in [3.8, 4) is 0 Å². The molecule has 1 aromatic carbocycles. The fourth-order valence-electron chi connectivity index (χ4n) is 8.27. The molecule has 6 rings (SSSR count). The summed E-state index contributed by atoms with van der Waals surface area (Å²) >= 11 is 0. The molecule has 10 heteroatoms. The number of oxime groups is 1. The molecule has 214 valence electrons. The molecule has 10 nitrogen and oxygen atoms in total. The van der Waals surface area contributed by atoms with E-state index in [9.17, 15) is 14.4 Å². The minimum Gasteiger partial charge on any atom is -0.479 e. The first-order chi connectivity index (χ1) is 19.4. The first-order valence-electron chi connectivity index (χ1n) is 14.9. The number of piperidine rings is 2. The van der Waals surface area contributed by atoms with Gasteiger partial charge in [-0.05, 0) is 68.9 Å². The molecule has 2 aliphatic carbocycles. The van der Waals surface area contributed by atoms with E-state index in [1.807, 2.05) is 28.8 Å². The first kappa shape index (κ1) is 26.9. The minimum absolute atomic E-state index is 0.0281. The molecule has 2 saturated heterocycles. The highest BCUT2D eigenvalue weighted by atomic mass is 16.6. The van der Waals surface area contributed by atoms with Crippen molar-refractivity contribution in [1.29, 1.82) is 0 Å². The zero-order chi connectivity index (χ0) is 27.8. The Kier molecular flexibility index (Phi) is 7.61. The van der Waals surface area contributed by atoms with Gasteiger partial charge in [-0.3, -0.25) is 14.5 Å². The summed E-state index contributed by atoms with van der Waals surface area (Å²) in [4.78, 5) is 50.1. The Morgan fingerprint density at radius 1 is 0.975 bits per heavy atom. The van der Waals surface area contributed by atoms with Crippen molar-refractivity contribution < 1.29 is 19.5 Å². The largest absolute Gasteiger partial charge is 0.479 e. The number of rotatable bonds is 7. The highest BCUT2D eigenvalue weighted by Gasteiger charge is 2.45. The van der Waals surface area contributed by atoms with Crippen LogP contribution in [-0.2, 0) is 14.4 Å². The van der Waals surface area contributed by atoms with Crippen LogP contribution in [0.3, 0.4) is 0 Å². The number of aliphatic carboxylic acids is 1. The van der Waals surface area contributed by atoms with Gasteiger partial charge in [0.25, 0.3) is 11.5 Å². The van der Waals surface area contributed by atoms with Crippen LogP contribution in [0.15, 0.2) is 34.2 Å². The number of hydrogen-bond acceptors (Lipinski definition) is 7. The third-order valence-corrected chi connectivity index (χ3v) is 9.70. The number of amides is 1. The molecule has 2 N–H and O–H groups in total. The van der Waals surface area contributed by atoms with Crippen molar-refractivity contribution in [3.05, 3.63) is 40.3 Å². The second-order valence-corrected chi connectivity index (χ2v) is 12.1. The lowest BCUT2D eigenvalue weighted by Gasteiger charge is -2.55. The van der Waals surface area contributed by atoms with Crippen molar-refractivity contribution in [1.82, 2.24) is 19.8 Å². The third-order valence-electron chi connectivity index (χ3n) is 9.70. The predicted molar refractivity (Wildman–Crippen MR) is 150 cm³/mol. The normalized spacial score (nSPS) is 30.6. The third kappa shape index (κ3) is 5.13. The van der Waals surface area contributed by atoms with Gasteiger partial charge in [0.15, 0.2) is 11.4 Å². The predicted octanol–water partition coefficient (Wildman–Crippen LogP) is 3.47. The van der Waals surface area contributed by atoms with Gasteiger partial charge in [0, 0.05) is 31.2 Å². The van der Waals surface area contributed by atoms with Crippen molar-refractivity contribution in [3.63, 3.8) is 0 Å². The van der Waals surface area contributed by atoms with E-state index in [0.717, 1.165) is 43.0 Å². The van der Waals surface area contributed by atoms with Gasteiger partial charge in [-0.25, -0.2) is 9.78 Å². The molecule has 1 amide bonds. The molecule has 4 fully saturated rings. The Morgan fingerprint density at radius 2 is 1.65 bits per heavy atom. The average Bonchev–Trinajstić information content (AvgIpc) is 2.94. The van der Waals surface area contributed by atoms with E-state index in [1.165, 1.54) is 52.0 Å². The SMILES string of the molecule is CNC(=O)/C(=N\OCC(=O)O)c1nc2ccccc2n(C2C[C@H]3CCC[C@@H](C2)N3C2CC3CCCC(C3)C2)c1=O. The van der Waals surface area contributed by atoms with Crippen LogP contribution in [0.25, 0.3) is 11.0 Å². The molecule has 3 heterocycles. The Bertz CT molecular complexity index is 1350. The smallest absolute Gasteiger partial charge is 0.344 e. The number of nitrogens with zero attached hydrogens (tertiary/aromatic N) is 4. The summed E-state index contributed by atoms with van der Waals surface area (Å²) in [5.74, 6) is -0.151. The minimum atomic E-state index is -1.23. The van der Waals surface area contributed by atoms with E-state index in [1.54, 1.807) is 0 Å². The van der Waals surface area contributed by atoms with Crippen molar-refractivity contribution in [2.75, 3.05) is 13.7 Å². The number of aromatic nitrogens is 2. The fraction of sp³-hybridized carbons (Fsp3) is 0.633. The lowest BCUT2D eigenvalue weighted by Crippen LogP contribution is -2.58. The molecule has 2 saturated carbocycles. The number of fused-ring (bicyclic) bond motifs is 5. The Labute approximate surface area is 233 Å². The molecule has 3 unspecified atom stereocenters. The van der Waals surface area contributed by atoms with Crippen LogP contribution in [0.2, 0.25) is 0 Å². The maximum atomic E-state index is 14.1. The Hall–Kier alpha value is -3.27. The quantitative estimate of drug-likeness (QED) is 0.400. The van der Waals surface area contributed by atoms with E-state index in [2.05, 4.69) is 20.4 Å². The molecule has 2 aliphatic heterocycles. The molecule has 4 bridgehead atoms. The monoisotopic (exact) mass is 549 g/mol. The average molecular weight is 550 g/mol. The maximum Gasteiger partial charge on any atom is 0.344 e. The summed E-state index contributed by atoms with van der Waals surface area (Å²) < 4.78 is 1.82. The van der Waals surface area contributed by atoms with Crippen LogP contribution < -0.4 is 10.9 Å². The molecule has 0 spiro atoms. The van der Waals surface area contributed by atoms with E-state index < -0.39 is 24.0 Å². The van der Waals surface area contributed by atoms with Gasteiger partial charge in [-0.15, -0.1) is 0 Å². The first-order valence-corrected chi connectivity index (χ1v) is 14.9. The van der Waals surface area contributed by atoms with Crippen molar-refractivity contribution in [2.45, 2.75) is 94.8 Å². The van der Waals surface area contributed by atoms with Crippen LogP contribution in [0.5, 0.6) is 0 Å². The lowest BCUT2D eigenvalue weighted by molar-refractivity contribution is -0.142. The molecule has 5 atom stereocenters. The number of likely N-dealkylation sites (N-methyl/N-ethyl adjacent to an activating group) is 1. The summed E-state index contributed by atoms with van der Waals surface area (Å²) in [6.45, 7) is -0.729. The topological polar surface area (TPSA) is 126 Å². The molecule has 1 aromatic heterocycles. The second kappa shape index (κ2) is 11.3. The summed E-state index contributed by atoms with van der Waals surface area (Å²) in [7, 11) is 1.42. The second-order valence-electron chi connectivity index (χ2n) is 12.1. The molecule has 0 radical (unpaired) electrons. The van der Waals surface area contributed by atoms with Crippen LogP contribution in [-0.4, -0.2) is 68.9 Å². The molecule has 40 heavy (non-hydrogen) atoms. The maximum absolute atomic E-state index is 14.1. The van der Waals surface area contributed by atoms with Gasteiger partial charge >= 0.3 is 5.97 Å². The van der Waals surface area contributed by atoms with Gasteiger partial charge in [0.1, 0.15) is 0 Å². The van der Waals surface area contributed by atoms with Crippen molar-refractivity contribution >= 4 is 28.6 Å². The Morgan fingerprint density at radius 3 is 2.33 bits per heavy atom. The van der Waals surface area contributed by atoms with Crippen LogP contribution in [0.1, 0.15) is 82.4 Å². The number of carbonyl (C=O) groups is 2. The zero-order valence-electron chi connectivity index (χ0n) is 23.1. The van der Waals surface area contributed by atoms with E-state index in [4.69, 9.17) is 9.94 Å². The number of benzene rings is 1. The van der Waals surface area contributed by atoms with Gasteiger partial charge in [0.05, 0.1) is 11.0 Å². The summed E-state index contributed by atoms with van der Waals surface area (Å²) in [6, 6.07) is 8.99. The molecular formula is C30H39N5O5. The van der Waals surface area contributed by atoms with Gasteiger partial charge in [-0.1, -0.05) is 43.0 Å². The molecule has 4 aliphatic rings. The highest BCUT2D eigenvalue weighted by molar-refractivity contribution is 6.44. The highest BCUT2D eigenvalue weighted by Crippen LogP contribution is 2.47. The van der Waals surface area contributed by atoms with Crippen LogP contribution in [0, 0.1) is 11.8 Å². The number of hydrogen-bond donors (Lipinski definition) is 2. The zero-order valence-corrected chi connectivity index (χ0v) is 23.1. The van der Waals surface area contributed by atoms with Gasteiger partial charge in [0.2, 0.25) is 6.61 Å². The number of nitrogens with one attached hydrogen (secondary N) is 1. The van der Waals surface area contributed by atoms with Crippen LogP contribution >= 0.6 is 0 Å². The van der Waals surface area contributed by atoms with E-state index >= 15 is 0 Å². The van der Waals surface area contributed by atoms with E-state index in [0.29, 0.717) is 23.6 Å². The number of carbonyl (C=O) groups excluding carboxylic acids is 1. The molecule has 2 aromatic rings. The summed E-state index contributed by atoms with van der Waals surface area (Å²) in [6.07, 6.45) is 13.5. The molecular weight excluding hydrogens is 510 g/mol. The van der Waals surface area contributed by atoms with Gasteiger partial charge < -0.3 is 19.8 Å². The lowest BCUT2D eigenvalue weighted by atomic mass is 9.68. The standard InChI is InChI=1S/C30H39N5O5/c1-31-29(38)27(33-40-17-26(36)37)28-30(39)35(25-11-3-2-10-24(25)32-28)23-15-20-8-5-9-21(16-23)34(20)22-13-18-6-4-7-19(12-18)14-22/h2-3,10-11,18-23H,4-9,12-17H2,1H3,(H,31,38)(H,36,37)/b33-27-/t18?,19?,20-,21+,22?,23?. The number of carboxylic acid groups (broad SMARTS) is 1. The fourth-order valence-corrected chi connectivity index (χ4v) is 8.27. The summed E-state index contributed by atoms with van der Waals surface area (Å²) in [5, 5.41) is 15.2. The summed E-state index contributed by atoms with van der Waals surface area (Å²) in [5.41, 5.74) is 0.474. The number of carboxylic acids is 1. The van der Waals surface area contributed by atoms with Crippen LogP contribution in [0.4, 0.5) is 0 Å².